The van der Waals surface area contributed by atoms with Crippen molar-refractivity contribution >= 4 is 11.6 Å². The van der Waals surface area contributed by atoms with Crippen molar-refractivity contribution in [3.63, 3.8) is 0 Å². The molecule has 21 heavy (non-hydrogen) atoms. The topological polar surface area (TPSA) is 30.5 Å². The summed E-state index contributed by atoms with van der Waals surface area (Å²) in [5.41, 5.74) is 1.05. The maximum atomic E-state index is 6.35. The molecule has 0 aliphatic rings. The highest BCUT2D eigenvalue weighted by atomic mass is 35.5. The van der Waals surface area contributed by atoms with Crippen LogP contribution in [-0.4, -0.2) is 19.8 Å². The third-order valence-electron chi connectivity index (χ3n) is 3.09. The second kappa shape index (κ2) is 9.91. The highest BCUT2D eigenvalue weighted by Crippen LogP contribution is 2.33. The van der Waals surface area contributed by atoms with E-state index in [0.29, 0.717) is 19.1 Å². The number of benzene rings is 1. The number of rotatable bonds is 10. The second-order valence-corrected chi connectivity index (χ2v) is 5.94. The first kappa shape index (κ1) is 18.1. The van der Waals surface area contributed by atoms with Gasteiger partial charge in [-0.2, -0.15) is 0 Å². The van der Waals surface area contributed by atoms with Gasteiger partial charge in [-0.1, -0.05) is 32.4 Å². The minimum Gasteiger partial charge on any atom is -0.490 e. The van der Waals surface area contributed by atoms with E-state index in [0.717, 1.165) is 48.0 Å². The lowest BCUT2D eigenvalue weighted by molar-refractivity contribution is 0.276. The summed E-state index contributed by atoms with van der Waals surface area (Å²) in [6, 6.07) is 3.85. The van der Waals surface area contributed by atoms with Crippen LogP contribution in [0.15, 0.2) is 12.1 Å². The molecule has 0 aliphatic heterocycles. The molecule has 0 atom stereocenters. The van der Waals surface area contributed by atoms with Gasteiger partial charge < -0.3 is 14.8 Å². The fourth-order valence-electron chi connectivity index (χ4n) is 1.92. The molecule has 0 fully saturated rings. The highest BCUT2D eigenvalue weighted by Gasteiger charge is 2.11. The molecule has 0 radical (unpaired) electrons. The first-order chi connectivity index (χ1) is 10.1. The van der Waals surface area contributed by atoms with Crippen molar-refractivity contribution in [2.45, 2.75) is 47.1 Å². The van der Waals surface area contributed by atoms with Gasteiger partial charge in [0, 0.05) is 17.6 Å². The Balaban J connectivity index is 2.73. The molecule has 0 aromatic heterocycles. The van der Waals surface area contributed by atoms with Crippen LogP contribution in [0.4, 0.5) is 0 Å². The third-order valence-corrected chi connectivity index (χ3v) is 3.44. The van der Waals surface area contributed by atoms with E-state index >= 15 is 0 Å². The van der Waals surface area contributed by atoms with Crippen molar-refractivity contribution in [3.05, 3.63) is 22.7 Å². The van der Waals surface area contributed by atoms with Gasteiger partial charge in [-0.05, 0) is 43.9 Å². The number of halogens is 1. The standard InChI is InChI=1S/C17H28ClNO2/c1-5-9-21-17-11-15(18)14(10-16(17)20-6-2)12-19-8-7-13(3)4/h10-11,13,19H,5-9,12H2,1-4H3. The van der Waals surface area contributed by atoms with Crippen LogP contribution in [-0.2, 0) is 6.54 Å². The van der Waals surface area contributed by atoms with Gasteiger partial charge in [0.15, 0.2) is 11.5 Å². The Bertz CT molecular complexity index is 421. The largest absolute Gasteiger partial charge is 0.490 e. The van der Waals surface area contributed by atoms with Crippen molar-refractivity contribution in [3.8, 4) is 11.5 Å². The van der Waals surface area contributed by atoms with Gasteiger partial charge in [0.05, 0.1) is 13.2 Å². The summed E-state index contributed by atoms with van der Waals surface area (Å²) in [5, 5.41) is 4.15. The van der Waals surface area contributed by atoms with Crippen molar-refractivity contribution in [1.82, 2.24) is 5.32 Å². The number of nitrogens with one attached hydrogen (secondary N) is 1. The van der Waals surface area contributed by atoms with Gasteiger partial charge in [-0.25, -0.2) is 0 Å². The maximum absolute atomic E-state index is 6.35. The van der Waals surface area contributed by atoms with Gasteiger partial charge in [0.2, 0.25) is 0 Å². The first-order valence-electron chi connectivity index (χ1n) is 7.87. The highest BCUT2D eigenvalue weighted by molar-refractivity contribution is 6.31. The Morgan fingerprint density at radius 2 is 1.86 bits per heavy atom. The molecule has 0 spiro atoms. The average molecular weight is 314 g/mol. The molecule has 1 aromatic rings. The molecule has 1 aromatic carbocycles. The molecule has 0 saturated carbocycles. The monoisotopic (exact) mass is 313 g/mol. The number of hydrogen-bond acceptors (Lipinski definition) is 3. The molecule has 0 aliphatic carbocycles. The lowest BCUT2D eigenvalue weighted by atomic mass is 10.1. The zero-order chi connectivity index (χ0) is 15.7. The lowest BCUT2D eigenvalue weighted by Gasteiger charge is -2.15. The molecular formula is C17H28ClNO2. The Morgan fingerprint density at radius 3 is 2.48 bits per heavy atom. The van der Waals surface area contributed by atoms with Gasteiger partial charge in [0.25, 0.3) is 0 Å². The van der Waals surface area contributed by atoms with E-state index < -0.39 is 0 Å². The van der Waals surface area contributed by atoms with Crippen molar-refractivity contribution < 1.29 is 9.47 Å². The Morgan fingerprint density at radius 1 is 1.14 bits per heavy atom. The van der Waals surface area contributed by atoms with Crippen LogP contribution in [0.3, 0.4) is 0 Å². The van der Waals surface area contributed by atoms with Crippen LogP contribution in [0.5, 0.6) is 11.5 Å². The fourth-order valence-corrected chi connectivity index (χ4v) is 2.14. The van der Waals surface area contributed by atoms with Gasteiger partial charge >= 0.3 is 0 Å². The molecule has 3 nitrogen and oxygen atoms in total. The van der Waals surface area contributed by atoms with Crippen molar-refractivity contribution in [2.24, 2.45) is 5.92 Å². The fraction of sp³-hybridized carbons (Fsp3) is 0.647. The Labute approximate surface area is 134 Å². The van der Waals surface area contributed by atoms with Crippen molar-refractivity contribution in [1.29, 1.82) is 0 Å². The predicted molar refractivity (Wildman–Crippen MR) is 89.6 cm³/mol. The zero-order valence-electron chi connectivity index (χ0n) is 13.7. The van der Waals surface area contributed by atoms with Crippen LogP contribution in [0.25, 0.3) is 0 Å². The summed E-state index contributed by atoms with van der Waals surface area (Å²) in [4.78, 5) is 0. The van der Waals surface area contributed by atoms with E-state index in [-0.39, 0.29) is 0 Å². The molecule has 4 heteroatoms. The summed E-state index contributed by atoms with van der Waals surface area (Å²) in [7, 11) is 0. The van der Waals surface area contributed by atoms with Gasteiger partial charge in [-0.15, -0.1) is 0 Å². The third kappa shape index (κ3) is 6.58. The Kier molecular flexibility index (Phi) is 8.55. The second-order valence-electron chi connectivity index (χ2n) is 5.53. The minimum absolute atomic E-state index is 0.615. The van der Waals surface area contributed by atoms with Crippen LogP contribution in [0.2, 0.25) is 5.02 Å². The molecule has 0 unspecified atom stereocenters. The number of hydrogen-bond donors (Lipinski definition) is 1. The van der Waals surface area contributed by atoms with E-state index in [2.05, 4.69) is 26.1 Å². The Hall–Kier alpha value is -0.930. The van der Waals surface area contributed by atoms with Crippen molar-refractivity contribution in [2.75, 3.05) is 19.8 Å². The van der Waals surface area contributed by atoms with E-state index in [1.807, 2.05) is 19.1 Å². The molecule has 0 heterocycles. The molecule has 120 valence electrons. The van der Waals surface area contributed by atoms with Crippen LogP contribution < -0.4 is 14.8 Å². The predicted octanol–water partition coefficient (Wildman–Crippen LogP) is 4.66. The molecular weight excluding hydrogens is 286 g/mol. The lowest BCUT2D eigenvalue weighted by Crippen LogP contribution is -2.16. The van der Waals surface area contributed by atoms with E-state index in [1.165, 1.54) is 0 Å². The van der Waals surface area contributed by atoms with Gasteiger partial charge in [-0.3, -0.25) is 0 Å². The molecule has 1 rings (SSSR count). The van der Waals surface area contributed by atoms with Gasteiger partial charge in [0.1, 0.15) is 0 Å². The van der Waals surface area contributed by atoms with E-state index in [1.54, 1.807) is 0 Å². The summed E-state index contributed by atoms with van der Waals surface area (Å²) in [6.07, 6.45) is 2.12. The summed E-state index contributed by atoms with van der Waals surface area (Å²) in [5.74, 6) is 2.21. The van der Waals surface area contributed by atoms with E-state index in [9.17, 15) is 0 Å². The molecule has 0 saturated heterocycles. The molecule has 0 bridgehead atoms. The van der Waals surface area contributed by atoms with Crippen LogP contribution >= 0.6 is 11.6 Å². The molecule has 0 amide bonds. The van der Waals surface area contributed by atoms with E-state index in [4.69, 9.17) is 21.1 Å². The maximum Gasteiger partial charge on any atom is 0.162 e. The number of ether oxygens (including phenoxy) is 2. The van der Waals surface area contributed by atoms with Crippen LogP contribution in [0.1, 0.15) is 46.1 Å². The summed E-state index contributed by atoms with van der Waals surface area (Å²) >= 11 is 6.35. The quantitative estimate of drug-likeness (QED) is 0.637. The van der Waals surface area contributed by atoms with Crippen LogP contribution in [0, 0.1) is 5.92 Å². The summed E-state index contributed by atoms with van der Waals surface area (Å²) in [6.45, 7) is 11.5. The zero-order valence-corrected chi connectivity index (χ0v) is 14.4. The minimum atomic E-state index is 0.615. The first-order valence-corrected chi connectivity index (χ1v) is 8.25. The summed E-state index contributed by atoms with van der Waals surface area (Å²) < 4.78 is 11.4. The normalized spacial score (nSPS) is 11.0. The molecule has 1 N–H and O–H groups in total. The SMILES string of the molecule is CCCOc1cc(Cl)c(CNCCC(C)C)cc1OCC. The average Bonchev–Trinajstić information content (AvgIpc) is 2.44. The smallest absolute Gasteiger partial charge is 0.162 e.